The minimum absolute atomic E-state index is 0.000953. The van der Waals surface area contributed by atoms with Crippen LogP contribution in [0.15, 0.2) is 36.5 Å². The van der Waals surface area contributed by atoms with Crippen LogP contribution >= 0.6 is 0 Å². The van der Waals surface area contributed by atoms with Gasteiger partial charge < -0.3 is 10.5 Å². The fourth-order valence-corrected chi connectivity index (χ4v) is 5.18. The summed E-state index contributed by atoms with van der Waals surface area (Å²) in [5.41, 5.74) is 7.77. The third-order valence-corrected chi connectivity index (χ3v) is 7.52. The van der Waals surface area contributed by atoms with E-state index in [9.17, 15) is 23.2 Å². The van der Waals surface area contributed by atoms with E-state index < -0.39 is 34.9 Å². The molecule has 0 bridgehead atoms. The maximum atomic E-state index is 15.9. The molecule has 0 spiro atoms. The van der Waals surface area contributed by atoms with Crippen LogP contribution in [-0.4, -0.2) is 47.7 Å². The van der Waals surface area contributed by atoms with Gasteiger partial charge in [0, 0.05) is 42.8 Å². The van der Waals surface area contributed by atoms with Crippen molar-refractivity contribution in [3.05, 3.63) is 70.7 Å². The van der Waals surface area contributed by atoms with Crippen LogP contribution in [0.2, 0.25) is 0 Å². The van der Waals surface area contributed by atoms with E-state index in [0.717, 1.165) is 6.07 Å². The number of hydrogen-bond acceptors (Lipinski definition) is 6. The summed E-state index contributed by atoms with van der Waals surface area (Å²) in [5, 5.41) is 10.0. The largest absolute Gasteiger partial charge is 0.497 e. The van der Waals surface area contributed by atoms with Crippen molar-refractivity contribution in [2.24, 2.45) is 11.1 Å². The number of pyridine rings is 1. The van der Waals surface area contributed by atoms with E-state index in [-0.39, 0.29) is 31.5 Å². The second kappa shape index (κ2) is 12.6. The minimum Gasteiger partial charge on any atom is -0.497 e. The summed E-state index contributed by atoms with van der Waals surface area (Å²) in [6, 6.07) is 6.46. The zero-order chi connectivity index (χ0) is 28.9. The molecule has 0 aliphatic carbocycles. The molecule has 11 heteroatoms. The number of alkyl halides is 1. The number of carbonyl (C=O) groups excluding carboxylic acids is 1. The second-order valence-electron chi connectivity index (χ2n) is 9.84. The van der Waals surface area contributed by atoms with Gasteiger partial charge in [0.25, 0.3) is 0 Å². The fraction of sp³-hybridized carbons (Fsp3) is 0.379. The van der Waals surface area contributed by atoms with Crippen molar-refractivity contribution < 1.29 is 32.3 Å². The molecule has 1 fully saturated rings. The molecule has 2 heterocycles. The van der Waals surface area contributed by atoms with Crippen molar-refractivity contribution in [3.8, 4) is 17.6 Å². The van der Waals surface area contributed by atoms with Gasteiger partial charge >= 0.3 is 0 Å². The maximum absolute atomic E-state index is 15.9. The Morgan fingerprint density at radius 1 is 1.25 bits per heavy atom. The molecule has 1 aliphatic heterocycles. The summed E-state index contributed by atoms with van der Waals surface area (Å²) in [5.74, 6) is 1.66. The Balaban J connectivity index is 1.47. The van der Waals surface area contributed by atoms with E-state index in [1.165, 1.54) is 7.11 Å². The van der Waals surface area contributed by atoms with E-state index >= 15 is 4.39 Å². The fourth-order valence-electron chi connectivity index (χ4n) is 5.18. The molecular formula is C29H30F4N4O3. The molecule has 40 heavy (non-hydrogen) atoms. The number of hydroxylamine groups is 1. The summed E-state index contributed by atoms with van der Waals surface area (Å²) in [6.07, 6.45) is 0.880. The van der Waals surface area contributed by atoms with Crippen LogP contribution in [-0.2, 0) is 11.3 Å². The predicted molar refractivity (Wildman–Crippen MR) is 140 cm³/mol. The molecule has 212 valence electrons. The van der Waals surface area contributed by atoms with Crippen LogP contribution in [0.4, 0.5) is 17.6 Å². The topological polar surface area (TPSA) is 101 Å². The van der Waals surface area contributed by atoms with Gasteiger partial charge in [-0.1, -0.05) is 11.8 Å². The highest BCUT2D eigenvalue weighted by Crippen LogP contribution is 2.41. The monoisotopic (exact) mass is 558 g/mol. The van der Waals surface area contributed by atoms with E-state index in [0.29, 0.717) is 59.8 Å². The Morgan fingerprint density at radius 2 is 2.00 bits per heavy atom. The first-order valence-corrected chi connectivity index (χ1v) is 12.8. The number of nitrogens with zero attached hydrogens (tertiary/aromatic N) is 2. The summed E-state index contributed by atoms with van der Waals surface area (Å²) in [4.78, 5) is 19.0. The van der Waals surface area contributed by atoms with Gasteiger partial charge in [-0.25, -0.2) is 23.0 Å². The number of carbonyl (C=O) groups is 1. The number of piperidine rings is 1. The van der Waals surface area contributed by atoms with Gasteiger partial charge in [0.1, 0.15) is 17.7 Å². The van der Waals surface area contributed by atoms with Crippen LogP contribution < -0.4 is 16.0 Å². The molecular weight excluding hydrogens is 528 g/mol. The van der Waals surface area contributed by atoms with Crippen LogP contribution in [0, 0.1) is 34.7 Å². The highest BCUT2D eigenvalue weighted by Gasteiger charge is 2.41. The standard InChI is InChI=1S/C29H30F4N4O3/c1-40-21-4-5-25-22(15-21)26(19(16-34)17-35-25)23(31)6-7-29(28(38)36-39)8-11-37(12-9-29)10-2-3-18-13-20(30)14-24(32)27(18)33/h4-5,13-15,17,23,39H,6-12,16,34H2,1H3,(H,36,38)/t23-/m1/s1. The minimum atomic E-state index is -1.45. The number of halogens is 4. The van der Waals surface area contributed by atoms with E-state index in [2.05, 4.69) is 16.8 Å². The first kappa shape index (κ1) is 29.3. The van der Waals surface area contributed by atoms with Gasteiger partial charge in [-0.15, -0.1) is 0 Å². The Labute approximate surface area is 229 Å². The Bertz CT molecular complexity index is 1440. The number of benzene rings is 2. The molecule has 0 unspecified atom stereocenters. The number of amides is 1. The van der Waals surface area contributed by atoms with Crippen molar-refractivity contribution in [2.45, 2.75) is 38.4 Å². The number of hydrogen-bond donors (Lipinski definition) is 3. The average Bonchev–Trinajstić information content (AvgIpc) is 2.97. The lowest BCUT2D eigenvalue weighted by atomic mass is 9.73. The van der Waals surface area contributed by atoms with Gasteiger partial charge in [0.2, 0.25) is 5.91 Å². The Kier molecular flexibility index (Phi) is 9.25. The van der Waals surface area contributed by atoms with Crippen molar-refractivity contribution in [3.63, 3.8) is 0 Å². The lowest BCUT2D eigenvalue weighted by Gasteiger charge is -2.40. The first-order valence-electron chi connectivity index (χ1n) is 12.8. The number of nitrogens with two attached hydrogens (primary N) is 1. The number of aromatic nitrogens is 1. The number of rotatable bonds is 8. The highest BCUT2D eigenvalue weighted by atomic mass is 19.2. The summed E-state index contributed by atoms with van der Waals surface area (Å²) in [6.45, 7) is 1.04. The van der Waals surface area contributed by atoms with Gasteiger partial charge in [0.05, 0.1) is 30.1 Å². The molecule has 3 aromatic rings. The molecule has 0 radical (unpaired) electrons. The van der Waals surface area contributed by atoms with Crippen LogP contribution in [0.1, 0.15) is 48.5 Å². The molecule has 1 saturated heterocycles. The number of methoxy groups -OCH3 is 1. The SMILES string of the molecule is COc1ccc2ncc(CN)c([C@H](F)CCC3(C(=O)NO)CCN(CC#Cc4cc(F)cc(F)c4F)CC3)c2c1. The smallest absolute Gasteiger partial charge is 0.249 e. The number of nitrogens with one attached hydrogen (secondary N) is 1. The van der Waals surface area contributed by atoms with E-state index in [1.807, 2.05) is 4.90 Å². The molecule has 4 rings (SSSR count). The Morgan fingerprint density at radius 3 is 2.67 bits per heavy atom. The number of likely N-dealkylation sites (tertiary alicyclic amines) is 1. The second-order valence-corrected chi connectivity index (χ2v) is 9.84. The maximum Gasteiger partial charge on any atom is 0.249 e. The molecule has 1 amide bonds. The van der Waals surface area contributed by atoms with Crippen molar-refractivity contribution in [2.75, 3.05) is 26.7 Å². The molecule has 1 aliphatic rings. The summed E-state index contributed by atoms with van der Waals surface area (Å²) >= 11 is 0. The molecule has 2 aromatic carbocycles. The molecule has 7 nitrogen and oxygen atoms in total. The quantitative estimate of drug-likeness (QED) is 0.123. The van der Waals surface area contributed by atoms with E-state index in [4.69, 9.17) is 10.5 Å². The van der Waals surface area contributed by atoms with Crippen LogP contribution in [0.5, 0.6) is 5.75 Å². The molecule has 4 N–H and O–H groups in total. The van der Waals surface area contributed by atoms with Gasteiger partial charge in [-0.3, -0.25) is 19.9 Å². The number of fused-ring (bicyclic) bond motifs is 1. The summed E-state index contributed by atoms with van der Waals surface area (Å²) < 4.78 is 61.9. The lowest BCUT2D eigenvalue weighted by Crippen LogP contribution is -2.48. The lowest BCUT2D eigenvalue weighted by molar-refractivity contribution is -0.143. The number of ether oxygens (including phenoxy) is 1. The van der Waals surface area contributed by atoms with Gasteiger partial charge in [-0.2, -0.15) is 0 Å². The van der Waals surface area contributed by atoms with Crippen molar-refractivity contribution in [1.29, 1.82) is 0 Å². The van der Waals surface area contributed by atoms with E-state index in [1.54, 1.807) is 29.9 Å². The highest BCUT2D eigenvalue weighted by molar-refractivity contribution is 5.85. The molecule has 1 aromatic heterocycles. The third kappa shape index (κ3) is 6.20. The first-order chi connectivity index (χ1) is 19.2. The van der Waals surface area contributed by atoms with Crippen molar-refractivity contribution >= 4 is 16.8 Å². The van der Waals surface area contributed by atoms with Crippen LogP contribution in [0.25, 0.3) is 10.9 Å². The van der Waals surface area contributed by atoms with Crippen molar-refractivity contribution in [1.82, 2.24) is 15.4 Å². The predicted octanol–water partition coefficient (Wildman–Crippen LogP) is 4.55. The van der Waals surface area contributed by atoms with Gasteiger partial charge in [0.15, 0.2) is 11.6 Å². The van der Waals surface area contributed by atoms with Crippen LogP contribution in [0.3, 0.4) is 0 Å². The Hall–Kier alpha value is -3.72. The van der Waals surface area contributed by atoms with Gasteiger partial charge in [-0.05, 0) is 55.5 Å². The molecule has 0 saturated carbocycles. The normalized spacial score (nSPS) is 15.8. The zero-order valence-corrected chi connectivity index (χ0v) is 21.9. The third-order valence-electron chi connectivity index (χ3n) is 7.52. The molecule has 1 atom stereocenters. The summed E-state index contributed by atoms with van der Waals surface area (Å²) in [7, 11) is 1.52. The zero-order valence-electron chi connectivity index (χ0n) is 21.9. The average molecular weight is 559 g/mol.